The molecule has 2 amide bonds. The van der Waals surface area contributed by atoms with Gasteiger partial charge in [0.25, 0.3) is 11.6 Å². The highest BCUT2D eigenvalue weighted by Gasteiger charge is 2.29. The average Bonchev–Trinajstić information content (AvgIpc) is 2.68. The van der Waals surface area contributed by atoms with E-state index >= 15 is 0 Å². The highest BCUT2D eigenvalue weighted by Crippen LogP contribution is 2.22. The second kappa shape index (κ2) is 7.77. The third-order valence-electron chi connectivity index (χ3n) is 4.42. The lowest BCUT2D eigenvalue weighted by atomic mass is 9.96. The summed E-state index contributed by atoms with van der Waals surface area (Å²) in [5.41, 5.74) is 0.870. The van der Waals surface area contributed by atoms with Crippen molar-refractivity contribution in [3.05, 3.63) is 70.3 Å². The molecule has 0 bridgehead atoms. The molecule has 0 saturated carbocycles. The number of nitro groups is 1. The Hall–Kier alpha value is -3.22. The normalized spacial score (nSPS) is 16.8. The molecule has 0 aliphatic carbocycles. The summed E-state index contributed by atoms with van der Waals surface area (Å²) >= 11 is 0. The summed E-state index contributed by atoms with van der Waals surface area (Å²) in [6.07, 6.45) is 1.42. The molecular formula is C19H19N3O4. The van der Waals surface area contributed by atoms with Crippen molar-refractivity contribution in [3.63, 3.8) is 0 Å². The number of nitrogens with zero attached hydrogens (tertiary/aromatic N) is 2. The van der Waals surface area contributed by atoms with Gasteiger partial charge in [-0.2, -0.15) is 0 Å². The largest absolute Gasteiger partial charge is 0.338 e. The van der Waals surface area contributed by atoms with Gasteiger partial charge in [-0.1, -0.05) is 24.3 Å². The number of hydrogen-bond acceptors (Lipinski definition) is 4. The summed E-state index contributed by atoms with van der Waals surface area (Å²) in [7, 11) is 0. The van der Waals surface area contributed by atoms with Crippen LogP contribution in [-0.2, 0) is 4.79 Å². The van der Waals surface area contributed by atoms with Crippen molar-refractivity contribution in [1.82, 2.24) is 4.90 Å². The van der Waals surface area contributed by atoms with Crippen LogP contribution in [0.25, 0.3) is 0 Å². The number of para-hydroxylation sites is 1. The van der Waals surface area contributed by atoms with Crippen LogP contribution in [0.4, 0.5) is 11.4 Å². The van der Waals surface area contributed by atoms with Gasteiger partial charge in [0.1, 0.15) is 0 Å². The third-order valence-corrected chi connectivity index (χ3v) is 4.42. The molecule has 1 unspecified atom stereocenters. The monoisotopic (exact) mass is 353 g/mol. The topological polar surface area (TPSA) is 92.6 Å². The number of hydrogen-bond donors (Lipinski definition) is 1. The van der Waals surface area contributed by atoms with Crippen LogP contribution < -0.4 is 5.32 Å². The van der Waals surface area contributed by atoms with Crippen molar-refractivity contribution >= 4 is 23.2 Å². The molecule has 1 fully saturated rings. The molecule has 1 N–H and O–H groups in total. The number of benzene rings is 2. The molecule has 1 aliphatic heterocycles. The van der Waals surface area contributed by atoms with Gasteiger partial charge in [-0.15, -0.1) is 0 Å². The van der Waals surface area contributed by atoms with Crippen molar-refractivity contribution in [2.45, 2.75) is 12.8 Å². The number of amides is 2. The number of piperidine rings is 1. The first kappa shape index (κ1) is 17.6. The van der Waals surface area contributed by atoms with Crippen molar-refractivity contribution in [3.8, 4) is 0 Å². The maximum absolute atomic E-state index is 12.7. The second-order valence-corrected chi connectivity index (χ2v) is 6.25. The van der Waals surface area contributed by atoms with E-state index in [-0.39, 0.29) is 29.0 Å². The molecule has 2 aromatic carbocycles. The molecule has 1 atom stereocenters. The lowest BCUT2D eigenvalue weighted by molar-refractivity contribution is -0.384. The van der Waals surface area contributed by atoms with Crippen LogP contribution in [0.1, 0.15) is 23.2 Å². The van der Waals surface area contributed by atoms with Gasteiger partial charge in [0, 0.05) is 36.5 Å². The first-order chi connectivity index (χ1) is 12.5. The minimum atomic E-state index is -0.525. The molecular weight excluding hydrogens is 334 g/mol. The van der Waals surface area contributed by atoms with Gasteiger partial charge in [-0.05, 0) is 31.0 Å². The number of carbonyl (C=O) groups is 2. The van der Waals surface area contributed by atoms with E-state index in [1.54, 1.807) is 11.0 Å². The Labute approximate surface area is 150 Å². The number of rotatable bonds is 4. The Balaban J connectivity index is 1.68. The van der Waals surface area contributed by atoms with E-state index in [0.29, 0.717) is 25.9 Å². The standard InChI is InChI=1S/C19H19N3O4/c23-18(20-16-8-2-1-3-9-16)15-7-5-11-21(13-15)19(24)14-6-4-10-17(12-14)22(25)26/h1-4,6,8-10,12,15H,5,7,11,13H2,(H,20,23). The lowest BCUT2D eigenvalue weighted by Gasteiger charge is -2.32. The average molecular weight is 353 g/mol. The molecule has 0 aromatic heterocycles. The van der Waals surface area contributed by atoms with Crippen molar-refractivity contribution < 1.29 is 14.5 Å². The Morgan fingerprint density at radius 3 is 2.62 bits per heavy atom. The van der Waals surface area contributed by atoms with Gasteiger partial charge >= 0.3 is 0 Å². The molecule has 2 aromatic rings. The Bertz CT molecular complexity index is 823. The van der Waals surface area contributed by atoms with Crippen molar-refractivity contribution in [2.24, 2.45) is 5.92 Å². The fourth-order valence-electron chi connectivity index (χ4n) is 3.08. The number of nitro benzene ring substituents is 1. The summed E-state index contributed by atoms with van der Waals surface area (Å²) in [4.78, 5) is 37.1. The van der Waals surface area contributed by atoms with E-state index in [4.69, 9.17) is 0 Å². The molecule has 1 heterocycles. The molecule has 1 aliphatic rings. The lowest BCUT2D eigenvalue weighted by Crippen LogP contribution is -2.43. The van der Waals surface area contributed by atoms with Crippen LogP contribution in [-0.4, -0.2) is 34.7 Å². The van der Waals surface area contributed by atoms with Gasteiger partial charge in [0.2, 0.25) is 5.91 Å². The zero-order valence-electron chi connectivity index (χ0n) is 14.1. The Kier molecular flexibility index (Phi) is 5.26. The van der Waals surface area contributed by atoms with E-state index in [2.05, 4.69) is 5.32 Å². The zero-order chi connectivity index (χ0) is 18.5. The van der Waals surface area contributed by atoms with Gasteiger partial charge in [0.05, 0.1) is 10.8 Å². The first-order valence-corrected chi connectivity index (χ1v) is 8.44. The van der Waals surface area contributed by atoms with Crippen LogP contribution >= 0.6 is 0 Å². The minimum Gasteiger partial charge on any atom is -0.338 e. The molecule has 26 heavy (non-hydrogen) atoms. The fraction of sp³-hybridized carbons (Fsp3) is 0.263. The maximum atomic E-state index is 12.7. The predicted octanol–water partition coefficient (Wildman–Crippen LogP) is 3.09. The zero-order valence-corrected chi connectivity index (χ0v) is 14.1. The van der Waals surface area contributed by atoms with E-state index in [1.165, 1.54) is 18.2 Å². The Morgan fingerprint density at radius 2 is 1.88 bits per heavy atom. The first-order valence-electron chi connectivity index (χ1n) is 8.44. The molecule has 7 nitrogen and oxygen atoms in total. The van der Waals surface area contributed by atoms with Crippen LogP contribution in [0.5, 0.6) is 0 Å². The minimum absolute atomic E-state index is 0.118. The van der Waals surface area contributed by atoms with E-state index in [0.717, 1.165) is 5.69 Å². The quantitative estimate of drug-likeness (QED) is 0.675. The molecule has 0 spiro atoms. The van der Waals surface area contributed by atoms with Gasteiger partial charge in [0.15, 0.2) is 0 Å². The summed E-state index contributed by atoms with van der Waals surface area (Å²) < 4.78 is 0. The predicted molar refractivity (Wildman–Crippen MR) is 96.8 cm³/mol. The third kappa shape index (κ3) is 4.05. The SMILES string of the molecule is O=C(Nc1ccccc1)C1CCCN(C(=O)c2cccc([N+](=O)[O-])c2)C1. The highest BCUT2D eigenvalue weighted by atomic mass is 16.6. The van der Waals surface area contributed by atoms with Crippen LogP contribution in [0.3, 0.4) is 0 Å². The van der Waals surface area contributed by atoms with Crippen molar-refractivity contribution in [1.29, 1.82) is 0 Å². The molecule has 0 radical (unpaired) electrons. The van der Waals surface area contributed by atoms with Crippen LogP contribution in [0.2, 0.25) is 0 Å². The highest BCUT2D eigenvalue weighted by molar-refractivity contribution is 5.96. The number of non-ortho nitro benzene ring substituents is 1. The van der Waals surface area contributed by atoms with E-state index < -0.39 is 4.92 Å². The van der Waals surface area contributed by atoms with Gasteiger partial charge < -0.3 is 10.2 Å². The fourth-order valence-corrected chi connectivity index (χ4v) is 3.08. The molecule has 134 valence electrons. The van der Waals surface area contributed by atoms with Crippen LogP contribution in [0.15, 0.2) is 54.6 Å². The summed E-state index contributed by atoms with van der Waals surface area (Å²) in [6.45, 7) is 0.844. The van der Waals surface area contributed by atoms with E-state index in [9.17, 15) is 19.7 Å². The van der Waals surface area contributed by atoms with Crippen molar-refractivity contribution in [2.75, 3.05) is 18.4 Å². The molecule has 3 rings (SSSR count). The maximum Gasteiger partial charge on any atom is 0.270 e. The number of nitrogens with one attached hydrogen (secondary N) is 1. The summed E-state index contributed by atoms with van der Waals surface area (Å²) in [6, 6.07) is 14.9. The second-order valence-electron chi connectivity index (χ2n) is 6.25. The van der Waals surface area contributed by atoms with Gasteiger partial charge in [-0.3, -0.25) is 19.7 Å². The van der Waals surface area contributed by atoms with E-state index in [1.807, 2.05) is 30.3 Å². The Morgan fingerprint density at radius 1 is 1.12 bits per heavy atom. The molecule has 1 saturated heterocycles. The number of likely N-dealkylation sites (tertiary alicyclic amines) is 1. The van der Waals surface area contributed by atoms with Crippen LogP contribution in [0, 0.1) is 16.0 Å². The summed E-state index contributed by atoms with van der Waals surface area (Å²) in [5.74, 6) is -0.703. The number of carbonyl (C=O) groups excluding carboxylic acids is 2. The number of anilines is 1. The molecule has 7 heteroatoms. The summed E-state index contributed by atoms with van der Waals surface area (Å²) in [5, 5.41) is 13.8. The smallest absolute Gasteiger partial charge is 0.270 e. The van der Waals surface area contributed by atoms with Gasteiger partial charge in [-0.25, -0.2) is 0 Å².